The highest BCUT2D eigenvalue weighted by atomic mass is 32.1. The second kappa shape index (κ2) is 7.81. The molecule has 0 aliphatic rings. The second-order valence-corrected chi connectivity index (χ2v) is 6.40. The number of benzene rings is 2. The minimum atomic E-state index is -0.294. The highest BCUT2D eigenvalue weighted by molar-refractivity contribution is 7.11. The van der Waals surface area contributed by atoms with E-state index >= 15 is 0 Å². The number of rotatable bonds is 5. The maximum atomic E-state index is 13.6. The van der Waals surface area contributed by atoms with E-state index in [-0.39, 0.29) is 5.82 Å². The largest absolute Gasteiger partial charge is 0.497 e. The zero-order valence-electron chi connectivity index (χ0n) is 14.3. The molecule has 4 nitrogen and oxygen atoms in total. The summed E-state index contributed by atoms with van der Waals surface area (Å²) in [6.07, 6.45) is 1.54. The first-order valence-corrected chi connectivity index (χ1v) is 8.72. The van der Waals surface area contributed by atoms with E-state index in [0.717, 1.165) is 17.0 Å². The molecular weight excluding hydrogens is 349 g/mol. The molecule has 0 atom stereocenters. The van der Waals surface area contributed by atoms with Crippen molar-refractivity contribution >= 4 is 22.6 Å². The molecule has 3 aromatic rings. The van der Waals surface area contributed by atoms with Gasteiger partial charge in [0.1, 0.15) is 28.2 Å². The van der Waals surface area contributed by atoms with Crippen LogP contribution in [0.4, 0.5) is 10.1 Å². The fourth-order valence-electron chi connectivity index (χ4n) is 2.27. The molecule has 0 aliphatic carbocycles. The lowest BCUT2D eigenvalue weighted by atomic mass is 10.2. The summed E-state index contributed by atoms with van der Waals surface area (Å²) in [6.45, 7) is 1.70. The van der Waals surface area contributed by atoms with E-state index in [4.69, 9.17) is 4.74 Å². The van der Waals surface area contributed by atoms with Crippen LogP contribution in [0.3, 0.4) is 0 Å². The Morgan fingerprint density at radius 3 is 2.69 bits per heavy atom. The molecule has 0 amide bonds. The molecule has 2 aromatic carbocycles. The maximum absolute atomic E-state index is 13.6. The lowest BCUT2D eigenvalue weighted by Crippen LogP contribution is -1.93. The van der Waals surface area contributed by atoms with Gasteiger partial charge in [0.15, 0.2) is 0 Å². The zero-order valence-corrected chi connectivity index (χ0v) is 15.1. The number of ether oxygens (including phenoxy) is 1. The van der Waals surface area contributed by atoms with E-state index in [0.29, 0.717) is 21.8 Å². The maximum Gasteiger partial charge on any atom is 0.136 e. The lowest BCUT2D eigenvalue weighted by molar-refractivity contribution is 0.415. The van der Waals surface area contributed by atoms with E-state index in [1.165, 1.54) is 17.4 Å². The lowest BCUT2D eigenvalue weighted by Gasteiger charge is -2.03. The van der Waals surface area contributed by atoms with Crippen LogP contribution in [-0.2, 0) is 0 Å². The number of nitriles is 1. The molecule has 130 valence electrons. The summed E-state index contributed by atoms with van der Waals surface area (Å²) in [4.78, 5) is 4.52. The number of aromatic nitrogens is 1. The van der Waals surface area contributed by atoms with Gasteiger partial charge in [0.05, 0.1) is 12.8 Å². The van der Waals surface area contributed by atoms with Gasteiger partial charge in [-0.1, -0.05) is 6.07 Å². The number of hydrogen-bond acceptors (Lipinski definition) is 5. The number of allylic oxidation sites excluding steroid dienone is 1. The van der Waals surface area contributed by atoms with Gasteiger partial charge in [0.25, 0.3) is 0 Å². The van der Waals surface area contributed by atoms with Crippen molar-refractivity contribution in [3.05, 3.63) is 70.4 Å². The molecule has 0 aliphatic heterocycles. The molecular formula is C20H16FN3OS. The van der Waals surface area contributed by atoms with E-state index in [9.17, 15) is 9.65 Å². The molecule has 0 radical (unpaired) electrons. The summed E-state index contributed by atoms with van der Waals surface area (Å²) in [7, 11) is 1.62. The second-order valence-electron chi connectivity index (χ2n) is 5.54. The Bertz CT molecular complexity index is 987. The SMILES string of the molecule is COc1ccc(-c2csc(/C(C#N)=C\Nc3ccc(C)c(F)c3)n2)cc1. The van der Waals surface area contributed by atoms with Gasteiger partial charge in [-0.2, -0.15) is 5.26 Å². The van der Waals surface area contributed by atoms with Gasteiger partial charge in [0.2, 0.25) is 0 Å². The summed E-state index contributed by atoms with van der Waals surface area (Å²) < 4.78 is 18.8. The average molecular weight is 365 g/mol. The van der Waals surface area contributed by atoms with Crippen molar-refractivity contribution < 1.29 is 9.13 Å². The van der Waals surface area contributed by atoms with E-state index in [2.05, 4.69) is 16.4 Å². The van der Waals surface area contributed by atoms with Crippen molar-refractivity contribution in [3.63, 3.8) is 0 Å². The first kappa shape index (κ1) is 17.6. The fraction of sp³-hybridized carbons (Fsp3) is 0.100. The van der Waals surface area contributed by atoms with Gasteiger partial charge >= 0.3 is 0 Å². The third-order valence-electron chi connectivity index (χ3n) is 3.80. The molecule has 0 fully saturated rings. The van der Waals surface area contributed by atoms with Crippen molar-refractivity contribution in [2.75, 3.05) is 12.4 Å². The number of thiazole rings is 1. The zero-order chi connectivity index (χ0) is 18.5. The highest BCUT2D eigenvalue weighted by Gasteiger charge is 2.09. The van der Waals surface area contributed by atoms with Crippen molar-refractivity contribution in [3.8, 4) is 23.1 Å². The predicted molar refractivity (Wildman–Crippen MR) is 102 cm³/mol. The standard InChI is InChI=1S/C20H16FN3OS/c1-13-3-6-16(9-18(13)21)23-11-15(10-22)20-24-19(12-26-20)14-4-7-17(25-2)8-5-14/h3-9,11-12,23H,1-2H3/b15-11-. The van der Waals surface area contributed by atoms with Gasteiger partial charge in [0, 0.05) is 22.8 Å². The van der Waals surface area contributed by atoms with Crippen molar-refractivity contribution in [1.29, 1.82) is 5.26 Å². The van der Waals surface area contributed by atoms with E-state index in [1.54, 1.807) is 32.4 Å². The quantitative estimate of drug-likeness (QED) is 0.628. The Labute approximate surface area is 155 Å². The van der Waals surface area contributed by atoms with E-state index < -0.39 is 0 Å². The van der Waals surface area contributed by atoms with Crippen LogP contribution in [0.25, 0.3) is 16.8 Å². The summed E-state index contributed by atoms with van der Waals surface area (Å²) >= 11 is 1.38. The molecule has 3 rings (SSSR count). The van der Waals surface area contributed by atoms with Crippen LogP contribution in [0, 0.1) is 24.1 Å². The minimum Gasteiger partial charge on any atom is -0.497 e. The van der Waals surface area contributed by atoms with Crippen LogP contribution in [0.5, 0.6) is 5.75 Å². The van der Waals surface area contributed by atoms with Gasteiger partial charge in [-0.25, -0.2) is 9.37 Å². The predicted octanol–water partition coefficient (Wildman–Crippen LogP) is 5.24. The van der Waals surface area contributed by atoms with Crippen molar-refractivity contribution in [2.24, 2.45) is 0 Å². The Balaban J connectivity index is 1.81. The molecule has 0 saturated heterocycles. The van der Waals surface area contributed by atoms with Crippen molar-refractivity contribution in [1.82, 2.24) is 4.98 Å². The Kier molecular flexibility index (Phi) is 5.30. The Hall–Kier alpha value is -3.17. The van der Waals surface area contributed by atoms with Gasteiger partial charge in [-0.15, -0.1) is 11.3 Å². The summed E-state index contributed by atoms with van der Waals surface area (Å²) in [5.74, 6) is 0.481. The number of hydrogen-bond donors (Lipinski definition) is 1. The smallest absolute Gasteiger partial charge is 0.136 e. The number of anilines is 1. The Morgan fingerprint density at radius 2 is 2.04 bits per heavy atom. The molecule has 1 heterocycles. The molecule has 0 spiro atoms. The number of methoxy groups -OCH3 is 1. The third kappa shape index (κ3) is 3.90. The van der Waals surface area contributed by atoms with Crippen LogP contribution in [-0.4, -0.2) is 12.1 Å². The monoisotopic (exact) mass is 365 g/mol. The average Bonchev–Trinajstić information content (AvgIpc) is 3.15. The first-order valence-electron chi connectivity index (χ1n) is 7.84. The molecule has 0 saturated carbocycles. The van der Waals surface area contributed by atoms with Crippen LogP contribution in [0.15, 0.2) is 54.0 Å². The normalized spacial score (nSPS) is 11.1. The Morgan fingerprint density at radius 1 is 1.27 bits per heavy atom. The molecule has 1 N–H and O–H groups in total. The molecule has 26 heavy (non-hydrogen) atoms. The van der Waals surface area contributed by atoms with Gasteiger partial charge in [-0.3, -0.25) is 0 Å². The van der Waals surface area contributed by atoms with Crippen LogP contribution >= 0.6 is 11.3 Å². The topological polar surface area (TPSA) is 57.9 Å². The van der Waals surface area contributed by atoms with Crippen LogP contribution < -0.4 is 10.1 Å². The summed E-state index contributed by atoms with van der Waals surface area (Å²) in [5, 5.41) is 14.9. The summed E-state index contributed by atoms with van der Waals surface area (Å²) in [5.41, 5.74) is 3.27. The number of halogens is 1. The van der Waals surface area contributed by atoms with E-state index in [1.807, 2.05) is 29.6 Å². The molecule has 6 heteroatoms. The fourth-order valence-corrected chi connectivity index (χ4v) is 3.07. The number of nitrogens with zero attached hydrogens (tertiary/aromatic N) is 2. The van der Waals surface area contributed by atoms with Gasteiger partial charge < -0.3 is 10.1 Å². The third-order valence-corrected chi connectivity index (χ3v) is 4.67. The minimum absolute atomic E-state index is 0.294. The first-order chi connectivity index (χ1) is 12.6. The molecule has 0 bridgehead atoms. The van der Waals surface area contributed by atoms with Crippen molar-refractivity contribution in [2.45, 2.75) is 6.92 Å². The molecule has 0 unspecified atom stereocenters. The van der Waals surface area contributed by atoms with Crippen LogP contribution in [0.1, 0.15) is 10.6 Å². The van der Waals surface area contributed by atoms with Crippen LogP contribution in [0.2, 0.25) is 0 Å². The van der Waals surface area contributed by atoms with Gasteiger partial charge in [-0.05, 0) is 48.9 Å². The summed E-state index contributed by atoms with van der Waals surface area (Å²) in [6, 6.07) is 14.5. The highest BCUT2D eigenvalue weighted by Crippen LogP contribution is 2.27. The number of aryl methyl sites for hydroxylation is 1. The number of nitrogens with one attached hydrogen (secondary N) is 1. The molecule has 1 aromatic heterocycles.